The predicted octanol–water partition coefficient (Wildman–Crippen LogP) is 6.20. The van der Waals surface area contributed by atoms with E-state index in [0.29, 0.717) is 17.3 Å². The van der Waals surface area contributed by atoms with Crippen LogP contribution in [0.2, 0.25) is 5.02 Å². The predicted molar refractivity (Wildman–Crippen MR) is 125 cm³/mol. The third-order valence-electron chi connectivity index (χ3n) is 5.03. The van der Waals surface area contributed by atoms with E-state index in [2.05, 4.69) is 42.7 Å². The average molecular weight is 423 g/mol. The number of hydrogen-bond donors (Lipinski definition) is 2. The maximum atomic E-state index is 12.2. The summed E-state index contributed by atoms with van der Waals surface area (Å²) in [6.45, 7) is 8.68. The Morgan fingerprint density at radius 1 is 0.900 bits per heavy atom. The quantitative estimate of drug-likeness (QED) is 0.476. The summed E-state index contributed by atoms with van der Waals surface area (Å²) >= 11 is 6.36. The molecule has 4 nitrogen and oxygen atoms in total. The number of ether oxygens (including phenoxy) is 1. The van der Waals surface area contributed by atoms with Crippen molar-refractivity contribution in [1.82, 2.24) is 0 Å². The second kappa shape index (κ2) is 9.68. The van der Waals surface area contributed by atoms with E-state index in [1.807, 2.05) is 44.2 Å². The number of amides is 1. The summed E-state index contributed by atoms with van der Waals surface area (Å²) in [6, 6.07) is 17.8. The van der Waals surface area contributed by atoms with Gasteiger partial charge in [0.1, 0.15) is 5.75 Å². The lowest BCUT2D eigenvalue weighted by atomic mass is 10.1. The Hall–Kier alpha value is -2.98. The number of rotatable bonds is 7. The maximum Gasteiger partial charge on any atom is 0.262 e. The summed E-state index contributed by atoms with van der Waals surface area (Å²) in [6.07, 6.45) is 0. The van der Waals surface area contributed by atoms with Gasteiger partial charge in [0.05, 0.1) is 5.02 Å². The zero-order valence-corrected chi connectivity index (χ0v) is 18.6. The molecule has 0 saturated heterocycles. The average Bonchev–Trinajstić information content (AvgIpc) is 2.71. The molecule has 0 bridgehead atoms. The van der Waals surface area contributed by atoms with Gasteiger partial charge < -0.3 is 15.4 Å². The second-order valence-electron chi connectivity index (χ2n) is 7.57. The minimum Gasteiger partial charge on any atom is -0.482 e. The number of aryl methyl sites for hydroxylation is 4. The lowest BCUT2D eigenvalue weighted by Gasteiger charge is -2.12. The highest BCUT2D eigenvalue weighted by molar-refractivity contribution is 6.32. The maximum absolute atomic E-state index is 12.2. The minimum absolute atomic E-state index is 0.104. The SMILES string of the molecule is Cc1ccc(C)c(NC(=O)COc2ccc(CNc3ccc(C)c(C)c3)cc2Cl)c1. The summed E-state index contributed by atoms with van der Waals surface area (Å²) in [5.41, 5.74) is 7.51. The first-order chi connectivity index (χ1) is 14.3. The van der Waals surface area contributed by atoms with Crippen molar-refractivity contribution >= 4 is 28.9 Å². The molecule has 0 fully saturated rings. The first-order valence-corrected chi connectivity index (χ1v) is 10.3. The van der Waals surface area contributed by atoms with Crippen LogP contribution in [0.3, 0.4) is 0 Å². The van der Waals surface area contributed by atoms with Crippen molar-refractivity contribution in [3.05, 3.63) is 87.4 Å². The minimum atomic E-state index is -0.222. The summed E-state index contributed by atoms with van der Waals surface area (Å²) in [7, 11) is 0. The summed E-state index contributed by atoms with van der Waals surface area (Å²) < 4.78 is 5.62. The third-order valence-corrected chi connectivity index (χ3v) is 5.32. The summed E-state index contributed by atoms with van der Waals surface area (Å²) in [5.74, 6) is 0.267. The number of nitrogens with one attached hydrogen (secondary N) is 2. The smallest absolute Gasteiger partial charge is 0.262 e. The first kappa shape index (κ1) is 21.7. The molecule has 2 N–H and O–H groups in total. The Bertz CT molecular complexity index is 1060. The van der Waals surface area contributed by atoms with Gasteiger partial charge in [0.15, 0.2) is 6.61 Å². The Kier molecular flexibility index (Phi) is 7.01. The van der Waals surface area contributed by atoms with E-state index < -0.39 is 0 Å². The molecule has 3 rings (SSSR count). The van der Waals surface area contributed by atoms with E-state index in [-0.39, 0.29) is 12.5 Å². The Balaban J connectivity index is 1.55. The first-order valence-electron chi connectivity index (χ1n) is 9.91. The van der Waals surface area contributed by atoms with Crippen molar-refractivity contribution in [1.29, 1.82) is 0 Å². The third kappa shape index (κ3) is 5.77. The fourth-order valence-electron chi connectivity index (χ4n) is 3.03. The van der Waals surface area contributed by atoms with Crippen molar-refractivity contribution in [3.63, 3.8) is 0 Å². The molecule has 0 aliphatic heterocycles. The molecule has 30 heavy (non-hydrogen) atoms. The Labute approximate surface area is 183 Å². The van der Waals surface area contributed by atoms with Crippen LogP contribution in [-0.4, -0.2) is 12.5 Å². The van der Waals surface area contributed by atoms with Gasteiger partial charge in [0.25, 0.3) is 5.91 Å². The molecule has 0 aliphatic rings. The van der Waals surface area contributed by atoms with Gasteiger partial charge >= 0.3 is 0 Å². The zero-order valence-electron chi connectivity index (χ0n) is 17.8. The monoisotopic (exact) mass is 422 g/mol. The molecule has 5 heteroatoms. The fraction of sp³-hybridized carbons (Fsp3) is 0.240. The molecule has 0 unspecified atom stereocenters. The molecule has 3 aromatic carbocycles. The van der Waals surface area contributed by atoms with Gasteiger partial charge in [-0.05, 0) is 85.8 Å². The van der Waals surface area contributed by atoms with Crippen LogP contribution in [0.15, 0.2) is 54.6 Å². The molecule has 0 radical (unpaired) electrons. The Morgan fingerprint density at radius 2 is 1.67 bits per heavy atom. The van der Waals surface area contributed by atoms with Gasteiger partial charge in [-0.3, -0.25) is 4.79 Å². The topological polar surface area (TPSA) is 50.4 Å². The van der Waals surface area contributed by atoms with E-state index in [4.69, 9.17) is 16.3 Å². The highest BCUT2D eigenvalue weighted by Crippen LogP contribution is 2.26. The van der Waals surface area contributed by atoms with E-state index >= 15 is 0 Å². The van der Waals surface area contributed by atoms with Crippen molar-refractivity contribution in [2.24, 2.45) is 0 Å². The molecular weight excluding hydrogens is 396 g/mol. The molecule has 3 aromatic rings. The highest BCUT2D eigenvalue weighted by atomic mass is 35.5. The molecule has 0 aromatic heterocycles. The lowest BCUT2D eigenvalue weighted by molar-refractivity contribution is -0.118. The van der Waals surface area contributed by atoms with Crippen LogP contribution < -0.4 is 15.4 Å². The molecule has 0 heterocycles. The number of hydrogen-bond acceptors (Lipinski definition) is 3. The van der Waals surface area contributed by atoms with Crippen molar-refractivity contribution in [3.8, 4) is 5.75 Å². The largest absolute Gasteiger partial charge is 0.482 e. The standard InChI is InChI=1S/C25H27ClN2O2/c1-16-5-6-18(3)23(11-16)28-25(29)15-30-24-10-8-20(13-22(24)26)14-27-21-9-7-17(2)19(4)12-21/h5-13,27H,14-15H2,1-4H3,(H,28,29). The highest BCUT2D eigenvalue weighted by Gasteiger charge is 2.09. The molecular formula is C25H27ClN2O2. The fourth-order valence-corrected chi connectivity index (χ4v) is 3.28. The van der Waals surface area contributed by atoms with Crippen LogP contribution in [0, 0.1) is 27.7 Å². The van der Waals surface area contributed by atoms with Gasteiger partial charge in [-0.1, -0.05) is 35.9 Å². The van der Waals surface area contributed by atoms with Crippen molar-refractivity contribution < 1.29 is 9.53 Å². The van der Waals surface area contributed by atoms with Crippen LogP contribution in [0.4, 0.5) is 11.4 Å². The van der Waals surface area contributed by atoms with Gasteiger partial charge in [0.2, 0.25) is 0 Å². The van der Waals surface area contributed by atoms with E-state index in [9.17, 15) is 4.79 Å². The van der Waals surface area contributed by atoms with Gasteiger partial charge in [-0.2, -0.15) is 0 Å². The van der Waals surface area contributed by atoms with Crippen LogP contribution in [0.25, 0.3) is 0 Å². The van der Waals surface area contributed by atoms with Gasteiger partial charge in [-0.15, -0.1) is 0 Å². The van der Waals surface area contributed by atoms with Crippen LogP contribution >= 0.6 is 11.6 Å². The number of halogens is 1. The normalized spacial score (nSPS) is 10.6. The Morgan fingerprint density at radius 3 is 2.40 bits per heavy atom. The molecule has 1 amide bonds. The molecule has 0 spiro atoms. The zero-order chi connectivity index (χ0) is 21.7. The summed E-state index contributed by atoms with van der Waals surface area (Å²) in [4.78, 5) is 12.2. The van der Waals surface area contributed by atoms with Crippen molar-refractivity contribution in [2.45, 2.75) is 34.2 Å². The van der Waals surface area contributed by atoms with Crippen molar-refractivity contribution in [2.75, 3.05) is 17.2 Å². The second-order valence-corrected chi connectivity index (χ2v) is 7.98. The van der Waals surface area contributed by atoms with E-state index in [1.54, 1.807) is 6.07 Å². The summed E-state index contributed by atoms with van der Waals surface area (Å²) in [5, 5.41) is 6.76. The molecule has 0 saturated carbocycles. The van der Waals surface area contributed by atoms with Crippen LogP contribution in [-0.2, 0) is 11.3 Å². The van der Waals surface area contributed by atoms with Gasteiger partial charge in [0, 0.05) is 17.9 Å². The number of carbonyl (C=O) groups excluding carboxylic acids is 1. The van der Waals surface area contributed by atoms with E-state index in [0.717, 1.165) is 28.1 Å². The number of anilines is 2. The van der Waals surface area contributed by atoms with E-state index in [1.165, 1.54) is 11.1 Å². The number of benzene rings is 3. The molecule has 0 aliphatic carbocycles. The van der Waals surface area contributed by atoms with Gasteiger partial charge in [-0.25, -0.2) is 0 Å². The van der Waals surface area contributed by atoms with Crippen LogP contribution in [0.5, 0.6) is 5.75 Å². The number of carbonyl (C=O) groups is 1. The molecule has 156 valence electrons. The molecule has 0 atom stereocenters. The lowest BCUT2D eigenvalue weighted by Crippen LogP contribution is -2.20. The van der Waals surface area contributed by atoms with Crippen LogP contribution in [0.1, 0.15) is 27.8 Å².